The smallest absolute Gasteiger partial charge is 1.00 e. The van der Waals surface area contributed by atoms with Crippen LogP contribution in [0.15, 0.2) is 0 Å². The molecular weight excluding hydrogens is 534 g/mol. The average molecular weight is 591 g/mol. The molecule has 0 bridgehead atoms. The van der Waals surface area contributed by atoms with E-state index >= 15 is 0 Å². The van der Waals surface area contributed by atoms with Gasteiger partial charge in [0.1, 0.15) is 0 Å². The van der Waals surface area contributed by atoms with Crippen molar-refractivity contribution in [2.24, 2.45) is 0 Å². The fourth-order valence-corrected chi connectivity index (χ4v) is 9.98. The van der Waals surface area contributed by atoms with Crippen LogP contribution in [0.5, 0.6) is 0 Å². The van der Waals surface area contributed by atoms with Crippen LogP contribution in [0, 0.1) is 0 Å². The molecule has 10 heteroatoms. The van der Waals surface area contributed by atoms with Gasteiger partial charge in [0, 0.05) is 0 Å². The summed E-state index contributed by atoms with van der Waals surface area (Å²) in [5.74, 6) is -2.81. The zero-order chi connectivity index (χ0) is 28.0. The van der Waals surface area contributed by atoms with Crippen molar-refractivity contribution in [3.63, 3.8) is 0 Å². The average Bonchev–Trinajstić information content (AvgIpc) is 2.83. The van der Waals surface area contributed by atoms with Crippen LogP contribution in [0.3, 0.4) is 0 Å². The van der Waals surface area contributed by atoms with Gasteiger partial charge in [0.25, 0.3) is 0 Å². The largest absolute Gasteiger partial charge is 1.00 e. The Balaban J connectivity index is 0. The summed E-state index contributed by atoms with van der Waals surface area (Å²) in [5.41, 5.74) is 0. The minimum Gasteiger partial charge on any atom is 1.00 e. The van der Waals surface area contributed by atoms with Gasteiger partial charge in [-0.3, -0.25) is 0 Å². The molecular formula is C28H56NaO7PS. The van der Waals surface area contributed by atoms with Gasteiger partial charge in [-0.15, -0.1) is 0 Å². The normalized spacial score (nSPS) is 13.1. The Morgan fingerprint density at radius 1 is 0.684 bits per heavy atom. The fourth-order valence-electron chi connectivity index (χ4n) is 4.95. The van der Waals surface area contributed by atoms with Gasteiger partial charge in [-0.1, -0.05) is 0 Å². The van der Waals surface area contributed by atoms with Crippen LogP contribution in [0.4, 0.5) is 0 Å². The van der Waals surface area contributed by atoms with E-state index in [-0.39, 0.29) is 29.6 Å². The predicted molar refractivity (Wildman–Crippen MR) is 154 cm³/mol. The Morgan fingerprint density at radius 2 is 1.00 bits per heavy atom. The van der Waals surface area contributed by atoms with Crippen molar-refractivity contribution in [2.75, 3.05) is 18.5 Å². The Morgan fingerprint density at radius 3 is 1.29 bits per heavy atom. The molecule has 0 saturated carbocycles. The second-order valence-corrected chi connectivity index (χ2v) is 16.4. The maximum absolute atomic E-state index is 13.0. The van der Waals surface area contributed by atoms with Crippen molar-refractivity contribution in [1.29, 1.82) is 0 Å². The van der Waals surface area contributed by atoms with Crippen LogP contribution in [-0.2, 0) is 24.2 Å². The number of aliphatic carboxylic acids is 1. The SMILES string of the molecule is CCCCCCCC[PH](CCCCCCCC)(CCCCCCCC)OC(=O)C(CC(=O)[O-])S(=O)(=O)O.[Na+]. The Bertz CT molecular complexity index is 663. The number of rotatable bonds is 26. The predicted octanol–water partition coefficient (Wildman–Crippen LogP) is 3.68. The van der Waals surface area contributed by atoms with Crippen molar-refractivity contribution in [2.45, 2.75) is 148 Å². The van der Waals surface area contributed by atoms with Crippen LogP contribution < -0.4 is 34.7 Å². The van der Waals surface area contributed by atoms with Crippen LogP contribution >= 0.6 is 7.49 Å². The summed E-state index contributed by atoms with van der Waals surface area (Å²) in [6, 6.07) is 0. The number of carbonyl (C=O) groups excluding carboxylic acids is 2. The summed E-state index contributed by atoms with van der Waals surface area (Å²) in [4.78, 5) is 24.2. The summed E-state index contributed by atoms with van der Waals surface area (Å²) in [6.07, 6.45) is 21.1. The first kappa shape index (κ1) is 40.4. The van der Waals surface area contributed by atoms with Crippen LogP contribution in [0.25, 0.3) is 0 Å². The first-order chi connectivity index (χ1) is 17.6. The molecule has 7 nitrogen and oxygen atoms in total. The van der Waals surface area contributed by atoms with E-state index < -0.39 is 41.2 Å². The summed E-state index contributed by atoms with van der Waals surface area (Å²) in [5, 5.41) is 9.01. The topological polar surface area (TPSA) is 121 Å². The second-order valence-electron chi connectivity index (χ2n) is 10.7. The number of hydrogen-bond acceptors (Lipinski definition) is 6. The van der Waals surface area contributed by atoms with Gasteiger partial charge < -0.3 is 0 Å². The van der Waals surface area contributed by atoms with Gasteiger partial charge >= 0.3 is 258 Å². The molecule has 1 atom stereocenters. The Kier molecular flexibility index (Phi) is 26.6. The third-order valence-electron chi connectivity index (χ3n) is 7.25. The molecule has 0 aromatic carbocycles. The maximum atomic E-state index is 13.0. The first-order valence-corrected chi connectivity index (χ1v) is 19.0. The molecule has 1 N–H and O–H groups in total. The number of carbonyl (C=O) groups is 2. The van der Waals surface area contributed by atoms with Gasteiger partial charge in [0.2, 0.25) is 0 Å². The third-order valence-corrected chi connectivity index (χ3v) is 12.8. The fraction of sp³-hybridized carbons (Fsp3) is 0.929. The molecule has 0 aromatic rings. The van der Waals surface area contributed by atoms with Gasteiger partial charge in [0.05, 0.1) is 0 Å². The summed E-state index contributed by atoms with van der Waals surface area (Å²) < 4.78 is 39.4. The van der Waals surface area contributed by atoms with Crippen molar-refractivity contribution >= 4 is 29.5 Å². The summed E-state index contributed by atoms with van der Waals surface area (Å²) in [6.45, 7) is 6.53. The van der Waals surface area contributed by atoms with E-state index in [1.165, 1.54) is 57.8 Å². The number of hydrogen-bond donors (Lipinski definition) is 1. The molecule has 0 spiro atoms. The van der Waals surface area contributed by atoms with E-state index in [9.17, 15) is 27.7 Å². The van der Waals surface area contributed by atoms with Gasteiger partial charge in [-0.25, -0.2) is 0 Å². The molecule has 0 aromatic heterocycles. The van der Waals surface area contributed by atoms with Crippen molar-refractivity contribution < 1.29 is 61.7 Å². The van der Waals surface area contributed by atoms with Gasteiger partial charge in [-0.05, 0) is 0 Å². The van der Waals surface area contributed by atoms with Crippen LogP contribution in [0.1, 0.15) is 143 Å². The van der Waals surface area contributed by atoms with Crippen molar-refractivity contribution in [1.82, 2.24) is 0 Å². The van der Waals surface area contributed by atoms with E-state index in [2.05, 4.69) is 20.8 Å². The van der Waals surface area contributed by atoms with Crippen LogP contribution in [0.2, 0.25) is 0 Å². The van der Waals surface area contributed by atoms with E-state index in [0.717, 1.165) is 76.3 Å². The molecule has 0 saturated heterocycles. The van der Waals surface area contributed by atoms with E-state index in [1.54, 1.807) is 0 Å². The molecule has 0 amide bonds. The molecule has 38 heavy (non-hydrogen) atoms. The van der Waals surface area contributed by atoms with E-state index in [4.69, 9.17) is 4.52 Å². The summed E-state index contributed by atoms with van der Waals surface area (Å²) in [7, 11) is -7.61. The standard InChI is InChI=1S/C28H57O7PS.Na/c1-4-7-10-13-16-19-22-36(23-20-17-14-11-8-5-2,24-21-18-15-12-9-6-3)35-28(31)26(25-27(29)30)37(32,33)34;/h26,36H,4-25H2,1-3H3,(H,29,30)(H,32,33,34);/q;+1/p-1. The monoisotopic (exact) mass is 590 g/mol. The van der Waals surface area contributed by atoms with Gasteiger partial charge in [-0.2, -0.15) is 0 Å². The minimum atomic E-state index is -4.91. The van der Waals surface area contributed by atoms with Crippen LogP contribution in [-0.4, -0.2) is 48.6 Å². The molecule has 0 aliphatic carbocycles. The summed E-state index contributed by atoms with van der Waals surface area (Å²) >= 11 is 0. The second kappa shape index (κ2) is 25.0. The molecule has 0 rings (SSSR count). The molecule has 0 aliphatic heterocycles. The third kappa shape index (κ3) is 21.1. The molecule has 1 unspecified atom stereocenters. The number of carboxylic acids is 1. The maximum Gasteiger partial charge on any atom is 1.00 e. The van der Waals surface area contributed by atoms with Gasteiger partial charge in [0.15, 0.2) is 0 Å². The molecule has 222 valence electrons. The van der Waals surface area contributed by atoms with Crippen molar-refractivity contribution in [3.8, 4) is 0 Å². The molecule has 0 fully saturated rings. The zero-order valence-electron chi connectivity index (χ0n) is 24.9. The van der Waals surface area contributed by atoms with E-state index in [0.29, 0.717) is 0 Å². The number of unbranched alkanes of at least 4 members (excludes halogenated alkanes) is 15. The first-order valence-electron chi connectivity index (χ1n) is 15.0. The Hall–Kier alpha value is 0.280. The number of carboxylic acid groups (broad SMARTS) is 1. The molecule has 0 heterocycles. The Labute approximate surface area is 256 Å². The molecule has 0 aliphatic rings. The zero-order valence-corrected chi connectivity index (χ0v) is 28.8. The van der Waals surface area contributed by atoms with Crippen molar-refractivity contribution in [3.05, 3.63) is 0 Å². The van der Waals surface area contributed by atoms with E-state index in [1.807, 2.05) is 0 Å². The minimum absolute atomic E-state index is 0. The quantitative estimate of drug-likeness (QED) is 0.0706. The molecule has 0 radical (unpaired) electrons.